The van der Waals surface area contributed by atoms with Crippen LogP contribution in [0.15, 0.2) is 0 Å². The Morgan fingerprint density at radius 1 is 1.27 bits per heavy atom. The molecule has 2 atom stereocenters. The lowest BCUT2D eigenvalue weighted by atomic mass is 9.76. The van der Waals surface area contributed by atoms with Gasteiger partial charge in [-0.3, -0.25) is 4.79 Å². The van der Waals surface area contributed by atoms with Gasteiger partial charge < -0.3 is 15.7 Å². The van der Waals surface area contributed by atoms with Gasteiger partial charge in [-0.2, -0.15) is 0 Å². The first-order valence-corrected chi connectivity index (χ1v) is 10.5. The monoisotopic (exact) mass is 378 g/mol. The number of hydrogen-bond acceptors (Lipinski definition) is 4. The second-order valence-corrected chi connectivity index (χ2v) is 9.66. The highest BCUT2D eigenvalue weighted by atomic mass is 32.1. The van der Waals surface area contributed by atoms with Crippen molar-refractivity contribution in [3.8, 4) is 0 Å². The summed E-state index contributed by atoms with van der Waals surface area (Å²) in [7, 11) is 1.92. The number of hydrogen-bond donors (Lipinski definition) is 3. The molecule has 0 bridgehead atoms. The van der Waals surface area contributed by atoms with Crippen LogP contribution in [0.5, 0.6) is 0 Å². The van der Waals surface area contributed by atoms with E-state index in [4.69, 9.17) is 0 Å². The third-order valence-electron chi connectivity index (χ3n) is 5.94. The molecule has 144 valence electrons. The number of nitrogens with one attached hydrogen (secondary N) is 2. The summed E-state index contributed by atoms with van der Waals surface area (Å²) in [5.74, 6) is -0.639. The molecule has 5 nitrogen and oxygen atoms in total. The fraction of sp³-hybridized carbons (Fsp3) is 0.700. The minimum absolute atomic E-state index is 0.00897. The zero-order valence-electron chi connectivity index (χ0n) is 16.0. The molecule has 0 radical (unpaired) electrons. The van der Waals surface area contributed by atoms with Crippen LogP contribution >= 0.6 is 11.3 Å². The SMILES string of the molecule is CNC[C@H]1CCCC[C@@H]1C(=O)Nc1sc2c(c1C(=O)O)CC(C)(C)CC2. The Hall–Kier alpha value is -1.40. The molecule has 1 fully saturated rings. The molecule has 1 aromatic rings. The highest BCUT2D eigenvalue weighted by molar-refractivity contribution is 7.17. The van der Waals surface area contributed by atoms with Crippen molar-refractivity contribution in [2.75, 3.05) is 18.9 Å². The Balaban J connectivity index is 1.84. The molecule has 26 heavy (non-hydrogen) atoms. The molecular formula is C20H30N2O3S. The number of amides is 1. The summed E-state index contributed by atoms with van der Waals surface area (Å²) in [5.41, 5.74) is 1.37. The van der Waals surface area contributed by atoms with E-state index in [0.29, 0.717) is 16.5 Å². The van der Waals surface area contributed by atoms with E-state index in [-0.39, 0.29) is 17.2 Å². The number of thiophene rings is 1. The largest absolute Gasteiger partial charge is 0.478 e. The van der Waals surface area contributed by atoms with Gasteiger partial charge in [0.1, 0.15) is 5.00 Å². The van der Waals surface area contributed by atoms with Gasteiger partial charge in [0.2, 0.25) is 5.91 Å². The Labute approximate surface area is 159 Å². The maximum absolute atomic E-state index is 12.9. The van der Waals surface area contributed by atoms with Gasteiger partial charge in [-0.15, -0.1) is 11.3 Å². The first-order chi connectivity index (χ1) is 12.3. The molecule has 2 aliphatic carbocycles. The van der Waals surface area contributed by atoms with Gasteiger partial charge in [0, 0.05) is 10.8 Å². The zero-order chi connectivity index (χ0) is 18.9. The maximum atomic E-state index is 12.9. The van der Waals surface area contributed by atoms with Gasteiger partial charge in [-0.1, -0.05) is 26.7 Å². The van der Waals surface area contributed by atoms with Crippen molar-refractivity contribution in [2.24, 2.45) is 17.3 Å². The van der Waals surface area contributed by atoms with Gasteiger partial charge in [-0.25, -0.2) is 4.79 Å². The molecule has 6 heteroatoms. The minimum Gasteiger partial charge on any atom is -0.478 e. The van der Waals surface area contributed by atoms with Crippen LogP contribution in [0.4, 0.5) is 5.00 Å². The molecule has 1 amide bonds. The molecule has 1 heterocycles. The molecule has 3 rings (SSSR count). The van der Waals surface area contributed by atoms with E-state index in [1.54, 1.807) is 0 Å². The molecule has 3 N–H and O–H groups in total. The van der Waals surface area contributed by atoms with Gasteiger partial charge in [0.15, 0.2) is 0 Å². The molecule has 0 aromatic carbocycles. The second-order valence-electron chi connectivity index (χ2n) is 8.55. The first-order valence-electron chi connectivity index (χ1n) is 9.65. The third-order valence-corrected chi connectivity index (χ3v) is 7.14. The lowest BCUT2D eigenvalue weighted by Gasteiger charge is -2.30. The predicted octanol–water partition coefficient (Wildman–Crippen LogP) is 3.93. The van der Waals surface area contributed by atoms with Crippen LogP contribution in [-0.4, -0.2) is 30.6 Å². The number of carbonyl (C=O) groups is 2. The summed E-state index contributed by atoms with van der Waals surface area (Å²) in [4.78, 5) is 26.0. The fourth-order valence-electron chi connectivity index (χ4n) is 4.50. The highest BCUT2D eigenvalue weighted by Gasteiger charge is 2.35. The van der Waals surface area contributed by atoms with Crippen molar-refractivity contribution in [3.63, 3.8) is 0 Å². The number of carboxylic acids is 1. The van der Waals surface area contributed by atoms with Crippen molar-refractivity contribution < 1.29 is 14.7 Å². The summed E-state index contributed by atoms with van der Waals surface area (Å²) in [6, 6.07) is 0. The van der Waals surface area contributed by atoms with Gasteiger partial charge in [-0.05, 0) is 62.6 Å². The third kappa shape index (κ3) is 3.96. The number of aryl methyl sites for hydroxylation is 1. The molecule has 1 saturated carbocycles. The predicted molar refractivity (Wildman–Crippen MR) is 105 cm³/mol. The normalized spacial score (nSPS) is 24.7. The molecule has 0 unspecified atom stereocenters. The topological polar surface area (TPSA) is 78.4 Å². The lowest BCUT2D eigenvalue weighted by molar-refractivity contribution is -0.122. The van der Waals surface area contributed by atoms with Crippen LogP contribution in [0.2, 0.25) is 0 Å². The van der Waals surface area contributed by atoms with Crippen molar-refractivity contribution in [1.82, 2.24) is 5.32 Å². The number of rotatable bonds is 5. The van der Waals surface area contributed by atoms with E-state index < -0.39 is 5.97 Å². The molecule has 0 spiro atoms. The van der Waals surface area contributed by atoms with Crippen molar-refractivity contribution in [3.05, 3.63) is 16.0 Å². The molecule has 1 aromatic heterocycles. The maximum Gasteiger partial charge on any atom is 0.339 e. The van der Waals surface area contributed by atoms with E-state index in [9.17, 15) is 14.7 Å². The van der Waals surface area contributed by atoms with Crippen molar-refractivity contribution in [2.45, 2.75) is 58.8 Å². The van der Waals surface area contributed by atoms with E-state index in [1.165, 1.54) is 17.8 Å². The number of carboxylic acid groups (broad SMARTS) is 1. The van der Waals surface area contributed by atoms with Crippen LogP contribution in [0, 0.1) is 17.3 Å². The van der Waals surface area contributed by atoms with E-state index in [2.05, 4.69) is 24.5 Å². The zero-order valence-corrected chi connectivity index (χ0v) is 16.8. The first kappa shape index (κ1) is 19.4. The molecular weight excluding hydrogens is 348 g/mol. The van der Waals surface area contributed by atoms with Crippen LogP contribution in [0.25, 0.3) is 0 Å². The fourth-order valence-corrected chi connectivity index (χ4v) is 5.71. The van der Waals surface area contributed by atoms with Crippen LogP contribution < -0.4 is 10.6 Å². The van der Waals surface area contributed by atoms with E-state index in [0.717, 1.165) is 55.5 Å². The quantitative estimate of drug-likeness (QED) is 0.725. The standard InChI is InChI=1S/C20H30N2O3S/c1-20(2)9-8-15-14(10-20)16(19(24)25)18(26-15)22-17(23)13-7-5-4-6-12(13)11-21-3/h12-13,21H,4-11H2,1-3H3,(H,22,23)(H,24,25)/t12-,13+/m1/s1. The number of aromatic carboxylic acids is 1. The van der Waals surface area contributed by atoms with Crippen molar-refractivity contribution >= 4 is 28.2 Å². The van der Waals surface area contributed by atoms with Gasteiger partial charge in [0.05, 0.1) is 5.56 Å². The van der Waals surface area contributed by atoms with Crippen LogP contribution in [0.3, 0.4) is 0 Å². The van der Waals surface area contributed by atoms with Gasteiger partial charge >= 0.3 is 5.97 Å². The molecule has 0 aliphatic heterocycles. The Kier molecular flexibility index (Phi) is 5.72. The van der Waals surface area contributed by atoms with Crippen molar-refractivity contribution in [1.29, 1.82) is 0 Å². The second kappa shape index (κ2) is 7.69. The highest BCUT2D eigenvalue weighted by Crippen LogP contribution is 2.44. The summed E-state index contributed by atoms with van der Waals surface area (Å²) in [6.07, 6.45) is 6.90. The number of carbonyl (C=O) groups excluding carboxylic acids is 1. The average Bonchev–Trinajstić information content (AvgIpc) is 2.91. The number of fused-ring (bicyclic) bond motifs is 1. The summed E-state index contributed by atoms with van der Waals surface area (Å²) in [6.45, 7) is 5.20. The summed E-state index contributed by atoms with van der Waals surface area (Å²) in [5, 5.41) is 16.5. The summed E-state index contributed by atoms with van der Waals surface area (Å²) < 4.78 is 0. The number of anilines is 1. The summed E-state index contributed by atoms with van der Waals surface area (Å²) >= 11 is 1.47. The lowest BCUT2D eigenvalue weighted by Crippen LogP contribution is -2.36. The van der Waals surface area contributed by atoms with Crippen LogP contribution in [-0.2, 0) is 17.6 Å². The van der Waals surface area contributed by atoms with Crippen LogP contribution in [0.1, 0.15) is 66.8 Å². The Morgan fingerprint density at radius 3 is 2.69 bits per heavy atom. The minimum atomic E-state index is -0.925. The van der Waals surface area contributed by atoms with E-state index >= 15 is 0 Å². The average molecular weight is 379 g/mol. The molecule has 2 aliphatic rings. The Bertz CT molecular complexity index is 693. The molecule has 0 saturated heterocycles. The van der Waals surface area contributed by atoms with Gasteiger partial charge in [0.25, 0.3) is 0 Å². The smallest absolute Gasteiger partial charge is 0.339 e. The Morgan fingerprint density at radius 2 is 2.00 bits per heavy atom. The van der Waals surface area contributed by atoms with E-state index in [1.807, 2.05) is 7.05 Å².